The van der Waals surface area contributed by atoms with Crippen LogP contribution in [0.4, 0.5) is 0 Å². The zero-order valence-electron chi connectivity index (χ0n) is 9.10. The van der Waals surface area contributed by atoms with Crippen LogP contribution in [0.3, 0.4) is 0 Å². The van der Waals surface area contributed by atoms with Crippen molar-refractivity contribution in [2.45, 2.75) is 13.5 Å². The van der Waals surface area contributed by atoms with E-state index in [0.717, 1.165) is 11.4 Å². The Bertz CT molecular complexity index is 528. The molecule has 0 atom stereocenters. The number of thiophene rings is 1. The Morgan fingerprint density at radius 3 is 3.00 bits per heavy atom. The fourth-order valence-electron chi connectivity index (χ4n) is 1.38. The van der Waals surface area contributed by atoms with Gasteiger partial charge in [0.1, 0.15) is 0 Å². The monoisotopic (exact) mass is 231 g/mol. The van der Waals surface area contributed by atoms with E-state index in [0.29, 0.717) is 6.54 Å². The zero-order chi connectivity index (χ0) is 11.4. The molecule has 82 valence electrons. The van der Waals surface area contributed by atoms with Crippen LogP contribution in [0.15, 0.2) is 24.4 Å². The van der Waals surface area contributed by atoms with Crippen LogP contribution in [0.5, 0.6) is 0 Å². The predicted octanol–water partition coefficient (Wildman–Crippen LogP) is 1.61. The summed E-state index contributed by atoms with van der Waals surface area (Å²) in [6, 6.07) is 6.12. The molecule has 4 heteroatoms. The highest BCUT2D eigenvalue weighted by molar-refractivity contribution is 7.12. The van der Waals surface area contributed by atoms with Crippen molar-refractivity contribution in [3.8, 4) is 11.8 Å². The van der Waals surface area contributed by atoms with Gasteiger partial charge in [-0.2, -0.15) is 5.10 Å². The molecule has 3 nitrogen and oxygen atoms in total. The average Bonchev–Trinajstić information content (AvgIpc) is 2.87. The van der Waals surface area contributed by atoms with E-state index in [9.17, 15) is 0 Å². The molecule has 0 saturated carbocycles. The minimum atomic E-state index is 0.408. The number of aryl methyl sites for hydroxylation is 1. The van der Waals surface area contributed by atoms with Gasteiger partial charge < -0.3 is 5.73 Å². The van der Waals surface area contributed by atoms with Crippen LogP contribution >= 0.6 is 11.3 Å². The third kappa shape index (κ3) is 2.51. The van der Waals surface area contributed by atoms with Crippen molar-refractivity contribution in [3.63, 3.8) is 0 Å². The molecule has 0 fully saturated rings. The van der Waals surface area contributed by atoms with Gasteiger partial charge in [0, 0.05) is 16.8 Å². The first-order valence-corrected chi connectivity index (χ1v) is 5.87. The van der Waals surface area contributed by atoms with Crippen molar-refractivity contribution < 1.29 is 0 Å². The molecule has 0 aromatic carbocycles. The zero-order valence-corrected chi connectivity index (χ0v) is 9.92. The predicted molar refractivity (Wildman–Crippen MR) is 66.3 cm³/mol. The molecular weight excluding hydrogens is 218 g/mol. The van der Waals surface area contributed by atoms with Gasteiger partial charge in [0.2, 0.25) is 0 Å². The number of aromatic nitrogens is 2. The van der Waals surface area contributed by atoms with Crippen LogP contribution < -0.4 is 5.73 Å². The summed E-state index contributed by atoms with van der Waals surface area (Å²) >= 11 is 1.69. The van der Waals surface area contributed by atoms with E-state index in [1.54, 1.807) is 11.3 Å². The van der Waals surface area contributed by atoms with Gasteiger partial charge in [-0.1, -0.05) is 11.8 Å². The van der Waals surface area contributed by atoms with Gasteiger partial charge in [-0.15, -0.1) is 11.3 Å². The summed E-state index contributed by atoms with van der Waals surface area (Å²) in [6.45, 7) is 3.27. The summed E-state index contributed by atoms with van der Waals surface area (Å²) < 4.78 is 1.98. The molecule has 2 rings (SSSR count). The lowest BCUT2D eigenvalue weighted by molar-refractivity contribution is 0.672. The third-order valence-electron chi connectivity index (χ3n) is 2.21. The fourth-order valence-corrected chi connectivity index (χ4v) is 2.24. The second kappa shape index (κ2) is 4.97. The van der Waals surface area contributed by atoms with E-state index >= 15 is 0 Å². The van der Waals surface area contributed by atoms with E-state index in [-0.39, 0.29) is 0 Å². The van der Waals surface area contributed by atoms with Crippen LogP contribution in [-0.2, 0) is 6.54 Å². The van der Waals surface area contributed by atoms with Gasteiger partial charge >= 0.3 is 0 Å². The number of hydrogen-bond donors (Lipinski definition) is 1. The second-order valence-corrected chi connectivity index (χ2v) is 4.57. The number of nitrogens with zero attached hydrogens (tertiary/aromatic N) is 2. The molecule has 0 spiro atoms. The summed E-state index contributed by atoms with van der Waals surface area (Å²) in [5.74, 6) is 5.89. The summed E-state index contributed by atoms with van der Waals surface area (Å²) in [4.78, 5) is 2.32. The highest BCUT2D eigenvalue weighted by atomic mass is 32.1. The quantitative estimate of drug-likeness (QED) is 0.798. The van der Waals surface area contributed by atoms with E-state index < -0.39 is 0 Å². The first-order chi connectivity index (χ1) is 7.79. The van der Waals surface area contributed by atoms with Gasteiger partial charge in [-0.25, -0.2) is 0 Å². The number of hydrogen-bond acceptors (Lipinski definition) is 3. The fraction of sp³-hybridized carbons (Fsp3) is 0.250. The Balaban J connectivity index is 2.11. The molecule has 0 amide bonds. The molecule has 0 unspecified atom stereocenters. The summed E-state index contributed by atoms with van der Waals surface area (Å²) in [5.41, 5.74) is 6.50. The van der Waals surface area contributed by atoms with E-state index in [1.807, 2.05) is 23.0 Å². The summed E-state index contributed by atoms with van der Waals surface area (Å²) in [5, 5.41) is 4.25. The molecular formula is C12H13N3S. The number of nitrogens with two attached hydrogens (primary N) is 1. The summed E-state index contributed by atoms with van der Waals surface area (Å²) in [7, 11) is 0. The SMILES string of the molecule is Cc1ccnn1Cc1ccc(C#CCN)s1. The van der Waals surface area contributed by atoms with Crippen molar-refractivity contribution in [1.82, 2.24) is 9.78 Å². The normalized spacial score (nSPS) is 9.88. The maximum atomic E-state index is 5.33. The Kier molecular flexibility index (Phi) is 3.40. The topological polar surface area (TPSA) is 43.8 Å². The molecule has 0 saturated heterocycles. The molecule has 0 aliphatic heterocycles. The summed E-state index contributed by atoms with van der Waals surface area (Å²) in [6.07, 6.45) is 1.82. The Hall–Kier alpha value is -1.57. The Labute approximate surface area is 98.9 Å². The van der Waals surface area contributed by atoms with Crippen LogP contribution in [0.25, 0.3) is 0 Å². The van der Waals surface area contributed by atoms with Gasteiger partial charge in [-0.3, -0.25) is 4.68 Å². The van der Waals surface area contributed by atoms with E-state index in [4.69, 9.17) is 5.73 Å². The lowest BCUT2D eigenvalue weighted by Gasteiger charge is -2.00. The second-order valence-electron chi connectivity index (χ2n) is 3.40. The Morgan fingerprint density at radius 2 is 2.31 bits per heavy atom. The van der Waals surface area contributed by atoms with Crippen molar-refractivity contribution in [2.75, 3.05) is 6.54 Å². The van der Waals surface area contributed by atoms with Gasteiger partial charge in [0.25, 0.3) is 0 Å². The van der Waals surface area contributed by atoms with Gasteiger partial charge in [-0.05, 0) is 25.1 Å². The standard InChI is InChI=1S/C12H13N3S/c1-10-6-8-14-15(10)9-12-5-4-11(16-12)3-2-7-13/h4-6,8H,7,9,13H2,1H3. The highest BCUT2D eigenvalue weighted by Gasteiger charge is 2.01. The molecule has 0 bridgehead atoms. The molecule has 0 aliphatic rings. The van der Waals surface area contributed by atoms with Crippen LogP contribution in [0, 0.1) is 18.8 Å². The van der Waals surface area contributed by atoms with Crippen LogP contribution in [0.1, 0.15) is 15.4 Å². The minimum Gasteiger partial charge on any atom is -0.320 e. The third-order valence-corrected chi connectivity index (χ3v) is 3.20. The van der Waals surface area contributed by atoms with E-state index in [2.05, 4.69) is 29.9 Å². The number of rotatable bonds is 2. The molecule has 0 radical (unpaired) electrons. The maximum absolute atomic E-state index is 5.33. The molecule has 0 aliphatic carbocycles. The molecule has 16 heavy (non-hydrogen) atoms. The lowest BCUT2D eigenvalue weighted by Crippen LogP contribution is -2.01. The largest absolute Gasteiger partial charge is 0.320 e. The van der Waals surface area contributed by atoms with Crippen molar-refractivity contribution in [2.24, 2.45) is 5.73 Å². The maximum Gasteiger partial charge on any atom is 0.0772 e. The Morgan fingerprint density at radius 1 is 1.44 bits per heavy atom. The molecule has 2 aromatic rings. The molecule has 2 N–H and O–H groups in total. The average molecular weight is 231 g/mol. The van der Waals surface area contributed by atoms with Gasteiger partial charge in [0.15, 0.2) is 0 Å². The van der Waals surface area contributed by atoms with Gasteiger partial charge in [0.05, 0.1) is 18.0 Å². The molecule has 2 aromatic heterocycles. The van der Waals surface area contributed by atoms with Crippen LogP contribution in [0.2, 0.25) is 0 Å². The first kappa shape index (κ1) is 10.9. The first-order valence-electron chi connectivity index (χ1n) is 5.05. The smallest absolute Gasteiger partial charge is 0.0772 e. The molecule has 2 heterocycles. The minimum absolute atomic E-state index is 0.408. The van der Waals surface area contributed by atoms with Crippen LogP contribution in [-0.4, -0.2) is 16.3 Å². The van der Waals surface area contributed by atoms with Crippen molar-refractivity contribution in [1.29, 1.82) is 0 Å². The van der Waals surface area contributed by atoms with E-state index in [1.165, 1.54) is 10.6 Å². The van der Waals surface area contributed by atoms with Crippen molar-refractivity contribution >= 4 is 11.3 Å². The highest BCUT2D eigenvalue weighted by Crippen LogP contribution is 2.16. The van der Waals surface area contributed by atoms with Crippen molar-refractivity contribution in [3.05, 3.63) is 39.8 Å². The lowest BCUT2D eigenvalue weighted by atomic mass is 10.4.